The largest absolute Gasteiger partial charge is 0.491 e. The van der Waals surface area contributed by atoms with Crippen LogP contribution in [0.4, 0.5) is 22.0 Å². The maximum Gasteiger partial charge on any atom is 0.491 e. The molecule has 334 valence electrons. The van der Waals surface area contributed by atoms with Gasteiger partial charge in [0, 0.05) is 50.1 Å². The first-order valence-corrected chi connectivity index (χ1v) is 18.7. The normalized spacial score (nSPS) is 14.3. The summed E-state index contributed by atoms with van der Waals surface area (Å²) in [6.07, 6.45) is -5.81. The molecular formula is C39H44F5N9O9. The Morgan fingerprint density at radius 1 is 0.919 bits per heavy atom. The number of hydrazine groups is 1. The zero-order chi connectivity index (χ0) is 46.1. The molecule has 2 heterocycles. The molecule has 0 saturated carbocycles. The van der Waals surface area contributed by atoms with Crippen LogP contribution in [0.1, 0.15) is 44.6 Å². The van der Waals surface area contributed by atoms with Crippen LogP contribution in [0.5, 0.6) is 0 Å². The maximum absolute atomic E-state index is 15.1. The third-order valence-corrected chi connectivity index (χ3v) is 9.10. The molecule has 7 N–H and O–H groups in total. The first-order valence-electron chi connectivity index (χ1n) is 18.7. The number of aliphatic hydroxyl groups excluding tert-OH is 1. The van der Waals surface area contributed by atoms with Crippen LogP contribution in [-0.4, -0.2) is 122 Å². The third kappa shape index (κ3) is 12.7. The van der Waals surface area contributed by atoms with Gasteiger partial charge in [-0.25, -0.2) is 24.4 Å². The second-order valence-electron chi connectivity index (χ2n) is 14.9. The third-order valence-electron chi connectivity index (χ3n) is 9.10. The molecule has 0 saturated heterocycles. The SMILES string of the molecule is CC(C)(C)[C@H](c1nc(-c2cc(F)ccc2F)cn1Cc1ccccc1)N(CC[C@H](N)C(=O)N(N)CC(=O)NCCNC(=O)CN1C(=O)C=CC1=O)C(=O)C(O)OC(=O)C(F)(F)F. The Hall–Kier alpha value is -6.59. The monoisotopic (exact) mass is 877 g/mol. The summed E-state index contributed by atoms with van der Waals surface area (Å²) >= 11 is 0. The average Bonchev–Trinajstić information content (AvgIpc) is 3.74. The van der Waals surface area contributed by atoms with Gasteiger partial charge in [-0.1, -0.05) is 51.1 Å². The zero-order valence-corrected chi connectivity index (χ0v) is 33.5. The number of carbonyl (C=O) groups excluding carboxylic acids is 7. The Labute approximate surface area is 350 Å². The number of halogens is 5. The van der Waals surface area contributed by atoms with Crippen molar-refractivity contribution >= 4 is 41.4 Å². The van der Waals surface area contributed by atoms with E-state index in [1.54, 1.807) is 51.1 Å². The lowest BCUT2D eigenvalue weighted by Crippen LogP contribution is -2.54. The van der Waals surface area contributed by atoms with Gasteiger partial charge in [-0.05, 0) is 35.6 Å². The highest BCUT2D eigenvalue weighted by atomic mass is 19.4. The number of alkyl halides is 3. The second kappa shape index (κ2) is 20.3. The molecular weight excluding hydrogens is 833 g/mol. The average molecular weight is 878 g/mol. The van der Waals surface area contributed by atoms with E-state index in [4.69, 9.17) is 11.6 Å². The van der Waals surface area contributed by atoms with Crippen molar-refractivity contribution in [3.05, 3.63) is 89.9 Å². The van der Waals surface area contributed by atoms with E-state index < -0.39 is 109 Å². The number of imide groups is 1. The van der Waals surface area contributed by atoms with Crippen LogP contribution in [0.2, 0.25) is 0 Å². The molecule has 0 bridgehead atoms. The molecule has 1 aliphatic heterocycles. The van der Waals surface area contributed by atoms with Crippen molar-refractivity contribution in [2.45, 2.75) is 58.3 Å². The highest BCUT2D eigenvalue weighted by Crippen LogP contribution is 2.40. The topological polar surface area (TPSA) is 253 Å². The van der Waals surface area contributed by atoms with Crippen molar-refractivity contribution < 1.29 is 65.4 Å². The van der Waals surface area contributed by atoms with Crippen LogP contribution in [0.3, 0.4) is 0 Å². The maximum atomic E-state index is 15.1. The summed E-state index contributed by atoms with van der Waals surface area (Å²) in [5.41, 5.74) is 5.25. The number of amides is 6. The number of hydrogen-bond donors (Lipinski definition) is 5. The van der Waals surface area contributed by atoms with Crippen molar-refractivity contribution in [3.63, 3.8) is 0 Å². The van der Waals surface area contributed by atoms with Crippen molar-refractivity contribution in [1.82, 2.24) is 35.0 Å². The number of aromatic nitrogens is 2. The fraction of sp³-hybridized carbons (Fsp3) is 0.385. The number of rotatable bonds is 18. The predicted octanol–water partition coefficient (Wildman–Crippen LogP) is 0.793. The number of ether oxygens (including phenoxy) is 1. The fourth-order valence-corrected chi connectivity index (χ4v) is 6.19. The molecule has 1 unspecified atom stereocenters. The molecule has 4 rings (SSSR count). The highest BCUT2D eigenvalue weighted by molar-refractivity contribution is 6.14. The molecule has 18 nitrogen and oxygen atoms in total. The van der Waals surface area contributed by atoms with E-state index in [-0.39, 0.29) is 36.7 Å². The van der Waals surface area contributed by atoms with Crippen LogP contribution < -0.4 is 22.2 Å². The van der Waals surface area contributed by atoms with Gasteiger partial charge < -0.3 is 35.7 Å². The number of imidazole rings is 1. The Morgan fingerprint density at radius 3 is 2.13 bits per heavy atom. The first kappa shape index (κ1) is 48.1. The van der Waals surface area contributed by atoms with Gasteiger partial charge in [-0.3, -0.25) is 38.7 Å². The number of carbonyl (C=O) groups is 7. The lowest BCUT2D eigenvalue weighted by molar-refractivity contribution is -0.222. The van der Waals surface area contributed by atoms with Gasteiger partial charge in [-0.2, -0.15) is 13.2 Å². The Kier molecular flexibility index (Phi) is 15.8. The van der Waals surface area contributed by atoms with E-state index in [1.807, 2.05) is 0 Å². The number of nitrogens with two attached hydrogens (primary N) is 2. The Bertz CT molecular complexity index is 2180. The Balaban J connectivity index is 1.57. The van der Waals surface area contributed by atoms with E-state index in [0.717, 1.165) is 35.3 Å². The number of nitrogens with zero attached hydrogens (tertiary/aromatic N) is 5. The summed E-state index contributed by atoms with van der Waals surface area (Å²) in [6, 6.07) is 8.27. The molecule has 1 aliphatic rings. The van der Waals surface area contributed by atoms with Crippen LogP contribution in [-0.2, 0) is 44.8 Å². The number of esters is 1. The predicted molar refractivity (Wildman–Crippen MR) is 206 cm³/mol. The smallest absolute Gasteiger partial charge is 0.419 e. The van der Waals surface area contributed by atoms with Crippen molar-refractivity contribution in [2.24, 2.45) is 17.0 Å². The minimum atomic E-state index is -5.61. The summed E-state index contributed by atoms with van der Waals surface area (Å²) in [7, 11) is 0. The van der Waals surface area contributed by atoms with Gasteiger partial charge >= 0.3 is 12.1 Å². The summed E-state index contributed by atoms with van der Waals surface area (Å²) in [4.78, 5) is 92.9. The van der Waals surface area contributed by atoms with Crippen LogP contribution in [0, 0.1) is 17.0 Å². The molecule has 0 fully saturated rings. The van der Waals surface area contributed by atoms with Crippen molar-refractivity contribution in [2.75, 3.05) is 32.7 Å². The second-order valence-corrected chi connectivity index (χ2v) is 14.9. The molecule has 23 heteroatoms. The van der Waals surface area contributed by atoms with Crippen LogP contribution in [0.25, 0.3) is 11.3 Å². The molecule has 0 aliphatic carbocycles. The van der Waals surface area contributed by atoms with Gasteiger partial charge in [0.05, 0.1) is 17.8 Å². The van der Waals surface area contributed by atoms with E-state index >= 15 is 4.39 Å². The van der Waals surface area contributed by atoms with Gasteiger partial charge in [0.1, 0.15) is 30.5 Å². The minimum Gasteiger partial charge on any atom is -0.419 e. The Morgan fingerprint density at radius 2 is 1.53 bits per heavy atom. The van der Waals surface area contributed by atoms with Crippen LogP contribution in [0.15, 0.2) is 66.9 Å². The first-order chi connectivity index (χ1) is 29.0. The molecule has 0 radical (unpaired) electrons. The molecule has 3 atom stereocenters. The lowest BCUT2D eigenvalue weighted by Gasteiger charge is -2.41. The van der Waals surface area contributed by atoms with E-state index in [1.165, 1.54) is 10.8 Å². The molecule has 1 aromatic heterocycles. The summed E-state index contributed by atoms with van der Waals surface area (Å²) in [6.45, 7) is 2.48. The lowest BCUT2D eigenvalue weighted by atomic mass is 9.84. The number of hydrogen-bond acceptors (Lipinski definition) is 12. The van der Waals surface area contributed by atoms with E-state index in [2.05, 4.69) is 20.4 Å². The van der Waals surface area contributed by atoms with Crippen molar-refractivity contribution in [1.29, 1.82) is 0 Å². The molecule has 2 aromatic carbocycles. The summed E-state index contributed by atoms with van der Waals surface area (Å²) in [5, 5.41) is 15.8. The van der Waals surface area contributed by atoms with Crippen LogP contribution >= 0.6 is 0 Å². The zero-order valence-electron chi connectivity index (χ0n) is 33.5. The molecule has 3 aromatic rings. The number of nitrogens with one attached hydrogen (secondary N) is 2. The van der Waals surface area contributed by atoms with Gasteiger partial charge in [0.2, 0.25) is 11.8 Å². The van der Waals surface area contributed by atoms with Gasteiger partial charge in [0.25, 0.3) is 29.9 Å². The molecule has 6 amide bonds. The minimum absolute atomic E-state index is 0.00718. The van der Waals surface area contributed by atoms with E-state index in [9.17, 15) is 56.2 Å². The molecule has 62 heavy (non-hydrogen) atoms. The molecule has 0 spiro atoms. The van der Waals surface area contributed by atoms with Gasteiger partial charge in [-0.15, -0.1) is 0 Å². The number of benzene rings is 2. The highest BCUT2D eigenvalue weighted by Gasteiger charge is 2.46. The number of aliphatic hydroxyl groups is 1. The fourth-order valence-electron chi connectivity index (χ4n) is 6.19. The van der Waals surface area contributed by atoms with E-state index in [0.29, 0.717) is 15.5 Å². The van der Waals surface area contributed by atoms with Crippen molar-refractivity contribution in [3.8, 4) is 11.3 Å². The van der Waals surface area contributed by atoms with Gasteiger partial charge in [0.15, 0.2) is 0 Å². The summed E-state index contributed by atoms with van der Waals surface area (Å²) < 4.78 is 74.5. The standard InChI is InChI=1S/C39H44F5N9O9/c1-38(2,3)32(33-49-27(24-17-23(40)9-10-25(24)41)19-50(33)18-22-7-5-4-6-8-22)51(35(59)36(60)62-37(61)39(42,43)44)16-13-26(45)34(58)53(46)21-29(55)48-15-14-47-28(54)20-52-30(56)11-12-31(52)57/h4-12,17,19,26,32,36,60H,13-16,18,20-21,45-46H2,1-3H3,(H,47,54)(H,48,55)/t26-,32-,36?/m0/s1. The summed E-state index contributed by atoms with van der Waals surface area (Å²) in [5.74, 6) is -4.26. The quantitative estimate of drug-likeness (QED) is 0.0174.